The van der Waals surface area contributed by atoms with Gasteiger partial charge in [-0.15, -0.1) is 0 Å². The van der Waals surface area contributed by atoms with Crippen LogP contribution in [-0.4, -0.2) is 22.6 Å². The van der Waals surface area contributed by atoms with Crippen LogP contribution in [0.3, 0.4) is 0 Å². The molecule has 1 saturated heterocycles. The maximum atomic E-state index is 12.8. The van der Waals surface area contributed by atoms with E-state index in [0.29, 0.717) is 24.5 Å². The molecule has 0 spiro atoms. The van der Waals surface area contributed by atoms with Crippen LogP contribution >= 0.6 is 11.8 Å². The van der Waals surface area contributed by atoms with Crippen LogP contribution in [0.15, 0.2) is 102 Å². The molecule has 0 unspecified atom stereocenters. The van der Waals surface area contributed by atoms with E-state index in [1.54, 1.807) is 6.08 Å². The van der Waals surface area contributed by atoms with Gasteiger partial charge in [0.05, 0.1) is 4.91 Å². The first-order valence-corrected chi connectivity index (χ1v) is 12.0. The highest BCUT2D eigenvalue weighted by molar-refractivity contribution is 8.18. The molecule has 34 heavy (non-hydrogen) atoms. The highest BCUT2D eigenvalue weighted by Gasteiger charge is 2.34. The highest BCUT2D eigenvalue weighted by atomic mass is 32.2. The first-order valence-electron chi connectivity index (χ1n) is 11.2. The van der Waals surface area contributed by atoms with E-state index < -0.39 is 0 Å². The minimum atomic E-state index is -0.234. The number of ether oxygens (including phenoxy) is 1. The van der Waals surface area contributed by atoms with Gasteiger partial charge in [0.2, 0.25) is 0 Å². The summed E-state index contributed by atoms with van der Waals surface area (Å²) in [7, 11) is 0. The molecule has 0 atom stereocenters. The predicted molar refractivity (Wildman–Crippen MR) is 138 cm³/mol. The van der Waals surface area contributed by atoms with Crippen LogP contribution in [0.2, 0.25) is 0 Å². The van der Waals surface area contributed by atoms with Crippen LogP contribution in [0.25, 0.3) is 16.8 Å². The number of carbonyl (C=O) groups excluding carboxylic acids is 2. The number of hydrogen-bond acceptors (Lipinski definition) is 4. The van der Waals surface area contributed by atoms with Gasteiger partial charge in [0.25, 0.3) is 11.1 Å². The third-order valence-electron chi connectivity index (χ3n) is 5.74. The first kappa shape index (κ1) is 22.0. The summed E-state index contributed by atoms with van der Waals surface area (Å²) in [6.07, 6.45) is 2.41. The topological polar surface area (TPSA) is 46.6 Å². The smallest absolute Gasteiger partial charge is 0.293 e. The van der Waals surface area contributed by atoms with Gasteiger partial charge in [0.15, 0.2) is 0 Å². The van der Waals surface area contributed by atoms with Crippen LogP contribution in [0.1, 0.15) is 16.7 Å². The summed E-state index contributed by atoms with van der Waals surface area (Å²) in [5, 5.41) is 2.18. The summed E-state index contributed by atoms with van der Waals surface area (Å²) in [6.45, 7) is 0.859. The average Bonchev–Trinajstić information content (AvgIpc) is 3.14. The van der Waals surface area contributed by atoms with Crippen molar-refractivity contribution in [2.24, 2.45) is 0 Å². The van der Waals surface area contributed by atoms with Gasteiger partial charge in [-0.25, -0.2) is 0 Å². The Morgan fingerprint density at radius 2 is 1.50 bits per heavy atom. The van der Waals surface area contributed by atoms with E-state index in [1.165, 1.54) is 15.7 Å². The lowest BCUT2D eigenvalue weighted by molar-refractivity contribution is -0.122. The van der Waals surface area contributed by atoms with Crippen molar-refractivity contribution in [1.29, 1.82) is 0 Å². The zero-order chi connectivity index (χ0) is 23.3. The maximum absolute atomic E-state index is 12.8. The predicted octanol–water partition coefficient (Wildman–Crippen LogP) is 6.70. The van der Waals surface area contributed by atoms with Crippen molar-refractivity contribution >= 4 is 39.8 Å². The van der Waals surface area contributed by atoms with E-state index in [-0.39, 0.29) is 11.1 Å². The Labute approximate surface area is 202 Å². The molecular weight excluding hydrogens is 442 g/mol. The second kappa shape index (κ2) is 9.98. The number of imide groups is 1. The molecule has 5 rings (SSSR count). The van der Waals surface area contributed by atoms with E-state index in [9.17, 15) is 9.59 Å². The van der Waals surface area contributed by atoms with Gasteiger partial charge < -0.3 is 4.74 Å². The van der Waals surface area contributed by atoms with Crippen LogP contribution in [0.4, 0.5) is 4.79 Å². The lowest BCUT2D eigenvalue weighted by Gasteiger charge is -2.12. The van der Waals surface area contributed by atoms with E-state index in [4.69, 9.17) is 4.74 Å². The second-order valence-electron chi connectivity index (χ2n) is 8.11. The van der Waals surface area contributed by atoms with E-state index in [2.05, 4.69) is 30.3 Å². The van der Waals surface area contributed by atoms with Crippen molar-refractivity contribution in [2.45, 2.75) is 13.0 Å². The molecule has 4 nitrogen and oxygen atoms in total. The SMILES string of the molecule is O=C1S/C(=C\c2ccc(OCc3ccc4ccccc4c3)cc2)C(=O)N1CCc1ccccc1. The van der Waals surface area contributed by atoms with Crippen molar-refractivity contribution in [3.05, 3.63) is 119 Å². The Morgan fingerprint density at radius 1 is 0.765 bits per heavy atom. The van der Waals surface area contributed by atoms with Gasteiger partial charge in [-0.3, -0.25) is 14.5 Å². The lowest BCUT2D eigenvalue weighted by atomic mass is 10.1. The summed E-state index contributed by atoms with van der Waals surface area (Å²) in [6, 6.07) is 32.0. The number of rotatable bonds is 7. The Kier molecular flexibility index (Phi) is 6.45. The molecule has 0 bridgehead atoms. The van der Waals surface area contributed by atoms with Crippen molar-refractivity contribution in [2.75, 3.05) is 6.54 Å². The van der Waals surface area contributed by atoms with Gasteiger partial charge >= 0.3 is 0 Å². The number of amides is 2. The molecule has 1 heterocycles. The minimum Gasteiger partial charge on any atom is -0.489 e. The second-order valence-corrected chi connectivity index (χ2v) is 9.10. The quantitative estimate of drug-likeness (QED) is 0.285. The normalized spacial score (nSPS) is 14.8. The first-order chi connectivity index (χ1) is 16.7. The summed E-state index contributed by atoms with van der Waals surface area (Å²) in [5.74, 6) is 0.517. The number of fused-ring (bicyclic) bond motifs is 1. The molecule has 1 aliphatic heterocycles. The zero-order valence-electron chi connectivity index (χ0n) is 18.5. The summed E-state index contributed by atoms with van der Waals surface area (Å²) in [5.41, 5.74) is 3.06. The number of thioether (sulfide) groups is 1. The van der Waals surface area contributed by atoms with E-state index >= 15 is 0 Å². The third kappa shape index (κ3) is 5.05. The van der Waals surface area contributed by atoms with Gasteiger partial charge in [-0.2, -0.15) is 0 Å². The van der Waals surface area contributed by atoms with Crippen molar-refractivity contribution in [1.82, 2.24) is 4.90 Å². The number of benzene rings is 4. The van der Waals surface area contributed by atoms with Crippen molar-refractivity contribution in [3.8, 4) is 5.75 Å². The fraction of sp³-hybridized carbons (Fsp3) is 0.103. The molecule has 168 valence electrons. The average molecular weight is 466 g/mol. The monoisotopic (exact) mass is 465 g/mol. The summed E-state index contributed by atoms with van der Waals surface area (Å²) < 4.78 is 5.94. The number of hydrogen-bond donors (Lipinski definition) is 0. The van der Waals surface area contributed by atoms with Crippen LogP contribution in [-0.2, 0) is 17.8 Å². The highest BCUT2D eigenvalue weighted by Crippen LogP contribution is 2.32. The Hall–Kier alpha value is -3.83. The Balaban J connectivity index is 1.20. The molecule has 1 aliphatic rings. The molecular formula is C29H23NO3S. The zero-order valence-corrected chi connectivity index (χ0v) is 19.3. The molecule has 0 radical (unpaired) electrons. The molecule has 0 aliphatic carbocycles. The molecule has 4 aromatic carbocycles. The molecule has 5 heteroatoms. The minimum absolute atomic E-state index is 0.220. The van der Waals surface area contributed by atoms with Crippen LogP contribution in [0.5, 0.6) is 5.75 Å². The molecule has 4 aromatic rings. The van der Waals surface area contributed by atoms with E-state index in [0.717, 1.165) is 34.2 Å². The number of nitrogens with zero attached hydrogens (tertiary/aromatic N) is 1. The molecule has 1 fully saturated rings. The van der Waals surface area contributed by atoms with Crippen molar-refractivity contribution < 1.29 is 14.3 Å². The van der Waals surface area contributed by atoms with Crippen LogP contribution < -0.4 is 4.74 Å². The van der Waals surface area contributed by atoms with Gasteiger partial charge in [-0.05, 0) is 69.9 Å². The molecule has 0 N–H and O–H groups in total. The van der Waals surface area contributed by atoms with Crippen LogP contribution in [0, 0.1) is 0 Å². The fourth-order valence-corrected chi connectivity index (χ4v) is 4.75. The van der Waals surface area contributed by atoms with Crippen molar-refractivity contribution in [3.63, 3.8) is 0 Å². The van der Waals surface area contributed by atoms with E-state index in [1.807, 2.05) is 66.7 Å². The standard InChI is InChI=1S/C29H23NO3S/c31-28-27(34-29(32)30(28)17-16-21-6-2-1-3-7-21)19-22-11-14-26(15-12-22)33-20-23-10-13-24-8-4-5-9-25(24)18-23/h1-15,18-19H,16-17,20H2/b27-19-. The van der Waals surface area contributed by atoms with Gasteiger partial charge in [0.1, 0.15) is 12.4 Å². The molecule has 0 aromatic heterocycles. The summed E-state index contributed by atoms with van der Waals surface area (Å²) in [4.78, 5) is 26.9. The molecule has 2 amide bonds. The fourth-order valence-electron chi connectivity index (χ4n) is 3.89. The third-order valence-corrected chi connectivity index (χ3v) is 6.65. The van der Waals surface area contributed by atoms with Gasteiger partial charge in [0, 0.05) is 6.54 Å². The largest absolute Gasteiger partial charge is 0.489 e. The summed E-state index contributed by atoms with van der Waals surface area (Å²) >= 11 is 0.992. The lowest BCUT2D eigenvalue weighted by Crippen LogP contribution is -2.30. The maximum Gasteiger partial charge on any atom is 0.293 e. The Morgan fingerprint density at radius 3 is 2.29 bits per heavy atom. The molecule has 0 saturated carbocycles. The number of carbonyl (C=O) groups is 2. The van der Waals surface area contributed by atoms with Gasteiger partial charge in [-0.1, -0.05) is 78.9 Å². The Bertz CT molecular complexity index is 1360.